The summed E-state index contributed by atoms with van der Waals surface area (Å²) >= 11 is 5.74. The van der Waals surface area contributed by atoms with Crippen LogP contribution in [0.1, 0.15) is 20.7 Å². The number of hydrazine groups is 1. The molecule has 2 rings (SSSR count). The first-order valence-corrected chi connectivity index (χ1v) is 7.49. The lowest BCUT2D eigenvalue weighted by Crippen LogP contribution is -2.41. The van der Waals surface area contributed by atoms with Crippen molar-refractivity contribution in [2.24, 2.45) is 0 Å². The molecule has 0 saturated heterocycles. The molecule has 0 bridgehead atoms. The van der Waals surface area contributed by atoms with Gasteiger partial charge in [-0.25, -0.2) is 0 Å². The Balaban J connectivity index is 2.10. The van der Waals surface area contributed by atoms with Crippen molar-refractivity contribution in [1.82, 2.24) is 10.9 Å². The fourth-order valence-corrected chi connectivity index (χ4v) is 2.17. The van der Waals surface area contributed by atoms with Gasteiger partial charge in [-0.2, -0.15) is 0 Å². The summed E-state index contributed by atoms with van der Waals surface area (Å²) in [5, 5.41) is 11.6. The van der Waals surface area contributed by atoms with Crippen LogP contribution in [0.5, 0.6) is 0 Å². The van der Waals surface area contributed by atoms with Gasteiger partial charge in [0.1, 0.15) is 5.69 Å². The summed E-state index contributed by atoms with van der Waals surface area (Å²) in [7, 11) is 3.32. The molecular weight excluding hydrogens is 348 g/mol. The van der Waals surface area contributed by atoms with Crippen molar-refractivity contribution < 1.29 is 14.5 Å². The fraction of sp³-hybridized carbons (Fsp3) is 0.125. The molecule has 0 atom stereocenters. The highest BCUT2D eigenvalue weighted by molar-refractivity contribution is 6.30. The molecule has 0 aromatic heterocycles. The SMILES string of the molecule is CN(C)c1ccc(C(=O)NNC(=O)c2ccc(Cl)cc2)cc1[N+](=O)[O-]. The second-order valence-electron chi connectivity index (χ2n) is 5.27. The number of carbonyl (C=O) groups excluding carboxylic acids is 2. The van der Waals surface area contributed by atoms with Crippen molar-refractivity contribution in [3.8, 4) is 0 Å². The van der Waals surface area contributed by atoms with E-state index in [0.717, 1.165) is 6.07 Å². The van der Waals surface area contributed by atoms with Gasteiger partial charge in [0.2, 0.25) is 0 Å². The number of nitrogens with zero attached hydrogens (tertiary/aromatic N) is 2. The number of anilines is 1. The van der Waals surface area contributed by atoms with Crippen molar-refractivity contribution >= 4 is 34.8 Å². The zero-order chi connectivity index (χ0) is 18.6. The standard InChI is InChI=1S/C16H15ClN4O4/c1-20(2)13-8-5-11(9-14(13)21(24)25)16(23)19-18-15(22)10-3-6-12(17)7-4-10/h3-9H,1-2H3,(H,18,22)(H,19,23). The third kappa shape index (κ3) is 4.45. The Bertz CT molecular complexity index is 821. The molecule has 25 heavy (non-hydrogen) atoms. The van der Waals surface area contributed by atoms with Gasteiger partial charge in [0.25, 0.3) is 17.5 Å². The zero-order valence-corrected chi connectivity index (χ0v) is 14.2. The molecule has 9 heteroatoms. The summed E-state index contributed by atoms with van der Waals surface area (Å²) in [4.78, 5) is 36.2. The van der Waals surface area contributed by atoms with E-state index in [1.807, 2.05) is 0 Å². The molecule has 2 aromatic rings. The molecule has 2 aromatic carbocycles. The van der Waals surface area contributed by atoms with E-state index in [1.54, 1.807) is 31.1 Å². The monoisotopic (exact) mass is 362 g/mol. The van der Waals surface area contributed by atoms with Gasteiger partial charge in [0.05, 0.1) is 4.92 Å². The van der Waals surface area contributed by atoms with Crippen molar-refractivity contribution in [2.75, 3.05) is 19.0 Å². The van der Waals surface area contributed by atoms with Gasteiger partial charge in [-0.15, -0.1) is 0 Å². The van der Waals surface area contributed by atoms with E-state index in [-0.39, 0.29) is 11.3 Å². The Hall–Kier alpha value is -3.13. The predicted molar refractivity (Wildman–Crippen MR) is 93.8 cm³/mol. The minimum atomic E-state index is -0.671. The molecule has 0 unspecified atom stereocenters. The van der Waals surface area contributed by atoms with Crippen LogP contribution < -0.4 is 15.8 Å². The molecule has 0 radical (unpaired) electrons. The summed E-state index contributed by atoms with van der Waals surface area (Å²) in [6.45, 7) is 0. The number of nitro groups is 1. The Labute approximate surface area is 148 Å². The van der Waals surface area contributed by atoms with Crippen molar-refractivity contribution in [3.63, 3.8) is 0 Å². The van der Waals surface area contributed by atoms with E-state index in [1.165, 1.54) is 24.3 Å². The summed E-state index contributed by atoms with van der Waals surface area (Å²) in [5.41, 5.74) is 4.97. The molecule has 0 heterocycles. The van der Waals surface area contributed by atoms with Crippen molar-refractivity contribution in [3.05, 3.63) is 68.7 Å². The van der Waals surface area contributed by atoms with Crippen LogP contribution in [0, 0.1) is 10.1 Å². The number of carbonyl (C=O) groups is 2. The number of hydrogen-bond acceptors (Lipinski definition) is 5. The number of amides is 2. The summed E-state index contributed by atoms with van der Waals surface area (Å²) < 4.78 is 0. The maximum atomic E-state index is 12.1. The molecule has 2 N–H and O–H groups in total. The van der Waals surface area contributed by atoms with E-state index >= 15 is 0 Å². The fourth-order valence-electron chi connectivity index (χ4n) is 2.05. The molecule has 0 aliphatic heterocycles. The highest BCUT2D eigenvalue weighted by atomic mass is 35.5. The van der Waals surface area contributed by atoms with Gasteiger partial charge < -0.3 is 4.90 Å². The first-order chi connectivity index (χ1) is 11.8. The third-order valence-corrected chi connectivity index (χ3v) is 3.56. The van der Waals surface area contributed by atoms with Gasteiger partial charge in [-0.05, 0) is 36.4 Å². The van der Waals surface area contributed by atoms with Gasteiger partial charge in [-0.1, -0.05) is 11.6 Å². The summed E-state index contributed by atoms with van der Waals surface area (Å²) in [5.74, 6) is -1.21. The van der Waals surface area contributed by atoms with Gasteiger partial charge in [-0.3, -0.25) is 30.6 Å². The number of halogens is 1. The van der Waals surface area contributed by atoms with E-state index in [2.05, 4.69) is 10.9 Å². The maximum Gasteiger partial charge on any atom is 0.293 e. The number of benzene rings is 2. The number of nitrogens with one attached hydrogen (secondary N) is 2. The first-order valence-electron chi connectivity index (χ1n) is 7.11. The number of hydrogen-bond donors (Lipinski definition) is 2. The van der Waals surface area contributed by atoms with Crippen molar-refractivity contribution in [1.29, 1.82) is 0 Å². The van der Waals surface area contributed by atoms with Crippen LogP contribution in [0.4, 0.5) is 11.4 Å². The molecule has 2 amide bonds. The minimum absolute atomic E-state index is 0.0497. The molecule has 0 aliphatic rings. The Morgan fingerprint density at radius 2 is 1.52 bits per heavy atom. The normalized spacial score (nSPS) is 10.0. The second kappa shape index (κ2) is 7.63. The second-order valence-corrected chi connectivity index (χ2v) is 5.71. The molecule has 0 fully saturated rings. The van der Waals surface area contributed by atoms with Crippen LogP contribution in [0.15, 0.2) is 42.5 Å². The lowest BCUT2D eigenvalue weighted by atomic mass is 10.1. The topological polar surface area (TPSA) is 105 Å². The summed E-state index contributed by atoms with van der Waals surface area (Å²) in [6.07, 6.45) is 0. The summed E-state index contributed by atoms with van der Waals surface area (Å²) in [6, 6.07) is 10.1. The zero-order valence-electron chi connectivity index (χ0n) is 13.4. The van der Waals surface area contributed by atoms with Crippen LogP contribution in [-0.2, 0) is 0 Å². The van der Waals surface area contributed by atoms with Gasteiger partial charge in [0.15, 0.2) is 0 Å². The molecule has 0 aliphatic carbocycles. The van der Waals surface area contributed by atoms with E-state index in [0.29, 0.717) is 16.3 Å². The molecule has 0 spiro atoms. The highest BCUT2D eigenvalue weighted by Gasteiger charge is 2.19. The molecule has 0 saturated carbocycles. The van der Waals surface area contributed by atoms with Crippen LogP contribution in [0.3, 0.4) is 0 Å². The van der Waals surface area contributed by atoms with Crippen LogP contribution >= 0.6 is 11.6 Å². The van der Waals surface area contributed by atoms with Gasteiger partial charge in [0, 0.05) is 36.3 Å². The lowest BCUT2D eigenvalue weighted by Gasteiger charge is -2.13. The average molecular weight is 363 g/mol. The van der Waals surface area contributed by atoms with Crippen LogP contribution in [0.2, 0.25) is 5.02 Å². The van der Waals surface area contributed by atoms with E-state index < -0.39 is 16.7 Å². The maximum absolute atomic E-state index is 12.1. The lowest BCUT2D eigenvalue weighted by molar-refractivity contribution is -0.384. The van der Waals surface area contributed by atoms with Crippen LogP contribution in [0.25, 0.3) is 0 Å². The third-order valence-electron chi connectivity index (χ3n) is 3.31. The first kappa shape index (κ1) is 18.2. The number of nitro benzene ring substituents is 1. The molecule has 130 valence electrons. The largest absolute Gasteiger partial charge is 0.372 e. The van der Waals surface area contributed by atoms with Crippen molar-refractivity contribution in [2.45, 2.75) is 0 Å². The smallest absolute Gasteiger partial charge is 0.293 e. The Kier molecular flexibility index (Phi) is 5.56. The molecule has 8 nitrogen and oxygen atoms in total. The van der Waals surface area contributed by atoms with E-state index in [4.69, 9.17) is 11.6 Å². The quantitative estimate of drug-likeness (QED) is 0.641. The minimum Gasteiger partial charge on any atom is -0.372 e. The Morgan fingerprint density at radius 1 is 1.00 bits per heavy atom. The van der Waals surface area contributed by atoms with Gasteiger partial charge >= 0.3 is 0 Å². The predicted octanol–water partition coefficient (Wildman–Crippen LogP) is 2.39. The molecular formula is C16H15ClN4O4. The Morgan fingerprint density at radius 3 is 2.04 bits per heavy atom. The van der Waals surface area contributed by atoms with Crippen LogP contribution in [-0.4, -0.2) is 30.8 Å². The average Bonchev–Trinajstić information content (AvgIpc) is 2.59. The van der Waals surface area contributed by atoms with E-state index in [9.17, 15) is 19.7 Å². The highest BCUT2D eigenvalue weighted by Crippen LogP contribution is 2.27. The number of rotatable bonds is 4.